The van der Waals surface area contributed by atoms with Gasteiger partial charge in [0.05, 0.1) is 24.0 Å². The lowest BCUT2D eigenvalue weighted by Gasteiger charge is -2.36. The summed E-state index contributed by atoms with van der Waals surface area (Å²) in [4.78, 5) is 21.1. The standard InChI is InChI=1S/C18H20FN5O2/c1-18(2,3)24(17(25)26)11-15(13-4-6-14(19)7-5-13)23-16-21-9-12(8-20)10-22-16/h4-7,9-10,15H,11H2,1-3H3,(H,25,26)(H,21,22,23). The van der Waals surface area contributed by atoms with E-state index in [4.69, 9.17) is 5.26 Å². The van der Waals surface area contributed by atoms with Gasteiger partial charge in [0.15, 0.2) is 0 Å². The van der Waals surface area contributed by atoms with Crippen molar-refractivity contribution < 1.29 is 14.3 Å². The predicted octanol–water partition coefficient (Wildman–Crippen LogP) is 3.42. The molecule has 0 spiro atoms. The first-order valence-electron chi connectivity index (χ1n) is 7.95. The molecule has 2 rings (SSSR count). The maximum Gasteiger partial charge on any atom is 0.407 e. The van der Waals surface area contributed by atoms with Gasteiger partial charge in [0.1, 0.15) is 11.9 Å². The van der Waals surface area contributed by atoms with Crippen molar-refractivity contribution in [3.8, 4) is 6.07 Å². The number of hydrogen-bond acceptors (Lipinski definition) is 5. The normalized spacial score (nSPS) is 12.1. The predicted molar refractivity (Wildman–Crippen MR) is 94.0 cm³/mol. The highest BCUT2D eigenvalue weighted by Gasteiger charge is 2.29. The van der Waals surface area contributed by atoms with Gasteiger partial charge in [-0.25, -0.2) is 19.2 Å². The zero-order valence-electron chi connectivity index (χ0n) is 14.8. The Morgan fingerprint density at radius 1 is 1.31 bits per heavy atom. The molecule has 1 unspecified atom stereocenters. The van der Waals surface area contributed by atoms with Gasteiger partial charge in [-0.1, -0.05) is 12.1 Å². The van der Waals surface area contributed by atoms with Crippen LogP contribution in [0.5, 0.6) is 0 Å². The molecule has 1 aromatic heterocycles. The summed E-state index contributed by atoms with van der Waals surface area (Å²) in [6, 6.07) is 7.22. The van der Waals surface area contributed by atoms with Crippen LogP contribution in [0.25, 0.3) is 0 Å². The zero-order chi connectivity index (χ0) is 19.3. The fourth-order valence-electron chi connectivity index (χ4n) is 2.37. The number of nitrogens with one attached hydrogen (secondary N) is 1. The van der Waals surface area contributed by atoms with Gasteiger partial charge < -0.3 is 15.3 Å². The molecular weight excluding hydrogens is 337 g/mol. The van der Waals surface area contributed by atoms with Crippen LogP contribution in [-0.2, 0) is 0 Å². The van der Waals surface area contributed by atoms with Gasteiger partial charge in [-0.3, -0.25) is 0 Å². The lowest BCUT2D eigenvalue weighted by atomic mass is 10.0. The van der Waals surface area contributed by atoms with Crippen molar-refractivity contribution in [2.75, 3.05) is 11.9 Å². The van der Waals surface area contributed by atoms with Crippen LogP contribution >= 0.6 is 0 Å². The third-order valence-electron chi connectivity index (χ3n) is 3.76. The summed E-state index contributed by atoms with van der Waals surface area (Å²) in [6.45, 7) is 5.48. The van der Waals surface area contributed by atoms with Crippen LogP contribution in [0.1, 0.15) is 37.9 Å². The van der Waals surface area contributed by atoms with Gasteiger partial charge in [0.2, 0.25) is 5.95 Å². The van der Waals surface area contributed by atoms with E-state index in [1.165, 1.54) is 29.4 Å². The lowest BCUT2D eigenvalue weighted by Crippen LogP contribution is -2.48. The molecule has 0 saturated heterocycles. The number of hydrogen-bond donors (Lipinski definition) is 2. The molecule has 136 valence electrons. The molecule has 1 amide bonds. The number of nitriles is 1. The Morgan fingerprint density at radius 3 is 2.35 bits per heavy atom. The molecule has 1 atom stereocenters. The minimum Gasteiger partial charge on any atom is -0.465 e. The minimum atomic E-state index is -1.06. The third kappa shape index (κ3) is 4.89. The topological polar surface area (TPSA) is 102 Å². The Bertz CT molecular complexity index is 794. The smallest absolute Gasteiger partial charge is 0.407 e. The lowest BCUT2D eigenvalue weighted by molar-refractivity contribution is 0.0973. The highest BCUT2D eigenvalue weighted by atomic mass is 19.1. The van der Waals surface area contributed by atoms with E-state index < -0.39 is 17.7 Å². The second kappa shape index (κ2) is 7.78. The molecule has 0 bridgehead atoms. The van der Waals surface area contributed by atoms with Gasteiger partial charge in [-0.15, -0.1) is 0 Å². The molecule has 0 fully saturated rings. The van der Waals surface area contributed by atoms with Crippen LogP contribution < -0.4 is 5.32 Å². The van der Waals surface area contributed by atoms with E-state index >= 15 is 0 Å². The fourth-order valence-corrected chi connectivity index (χ4v) is 2.37. The zero-order valence-corrected chi connectivity index (χ0v) is 14.8. The number of amides is 1. The second-order valence-electron chi connectivity index (χ2n) is 6.72. The molecule has 0 saturated carbocycles. The molecule has 2 N–H and O–H groups in total. The Morgan fingerprint density at radius 2 is 1.88 bits per heavy atom. The van der Waals surface area contributed by atoms with Gasteiger partial charge in [0, 0.05) is 12.1 Å². The Labute approximate surface area is 151 Å². The van der Waals surface area contributed by atoms with Gasteiger partial charge in [-0.2, -0.15) is 5.26 Å². The maximum atomic E-state index is 13.3. The second-order valence-corrected chi connectivity index (χ2v) is 6.72. The number of halogens is 1. The summed E-state index contributed by atoms with van der Waals surface area (Å²) in [5.74, 6) is -0.134. The first-order chi connectivity index (χ1) is 12.2. The largest absolute Gasteiger partial charge is 0.465 e. The van der Waals surface area contributed by atoms with Crippen molar-refractivity contribution >= 4 is 12.0 Å². The first-order valence-corrected chi connectivity index (χ1v) is 7.95. The molecule has 1 heterocycles. The average Bonchev–Trinajstić information content (AvgIpc) is 2.58. The van der Waals surface area contributed by atoms with E-state index in [0.29, 0.717) is 11.1 Å². The third-order valence-corrected chi connectivity index (χ3v) is 3.76. The van der Waals surface area contributed by atoms with Crippen molar-refractivity contribution in [2.24, 2.45) is 0 Å². The number of carbonyl (C=O) groups is 1. The molecule has 1 aromatic carbocycles. The van der Waals surface area contributed by atoms with Crippen LogP contribution in [0.3, 0.4) is 0 Å². The molecule has 0 radical (unpaired) electrons. The number of anilines is 1. The van der Waals surface area contributed by atoms with Gasteiger partial charge in [-0.05, 0) is 38.5 Å². The quantitative estimate of drug-likeness (QED) is 0.850. The van der Waals surface area contributed by atoms with E-state index in [2.05, 4.69) is 15.3 Å². The van der Waals surface area contributed by atoms with Crippen LogP contribution in [0, 0.1) is 17.1 Å². The molecular formula is C18H20FN5O2. The van der Waals surface area contributed by atoms with Crippen molar-refractivity contribution in [3.63, 3.8) is 0 Å². The Balaban J connectivity index is 2.33. The van der Waals surface area contributed by atoms with Crippen molar-refractivity contribution in [1.82, 2.24) is 14.9 Å². The van der Waals surface area contributed by atoms with E-state index in [1.807, 2.05) is 6.07 Å². The summed E-state index contributed by atoms with van der Waals surface area (Å²) in [7, 11) is 0. The summed E-state index contributed by atoms with van der Waals surface area (Å²) in [5, 5.41) is 21.4. The van der Waals surface area contributed by atoms with Crippen molar-refractivity contribution in [3.05, 3.63) is 53.6 Å². The highest BCUT2D eigenvalue weighted by molar-refractivity contribution is 5.66. The van der Waals surface area contributed by atoms with Crippen LogP contribution in [0.4, 0.5) is 15.1 Å². The number of aromatic nitrogens is 2. The molecule has 26 heavy (non-hydrogen) atoms. The Hall–Kier alpha value is -3.21. The average molecular weight is 357 g/mol. The first kappa shape index (κ1) is 19.1. The van der Waals surface area contributed by atoms with E-state index in [0.717, 1.165) is 0 Å². The van der Waals surface area contributed by atoms with Gasteiger partial charge in [0.25, 0.3) is 0 Å². The molecule has 0 aliphatic heterocycles. The van der Waals surface area contributed by atoms with Crippen LogP contribution in [0.15, 0.2) is 36.7 Å². The summed E-state index contributed by atoms with van der Waals surface area (Å²) in [6.07, 6.45) is 1.68. The molecule has 2 aromatic rings. The van der Waals surface area contributed by atoms with Gasteiger partial charge >= 0.3 is 6.09 Å². The number of nitrogens with zero attached hydrogens (tertiary/aromatic N) is 4. The number of rotatable bonds is 5. The van der Waals surface area contributed by atoms with Crippen molar-refractivity contribution in [1.29, 1.82) is 5.26 Å². The number of benzene rings is 1. The fraction of sp³-hybridized carbons (Fsp3) is 0.333. The molecule has 8 heteroatoms. The highest BCUT2D eigenvalue weighted by Crippen LogP contribution is 2.23. The SMILES string of the molecule is CC(C)(C)N(CC(Nc1ncc(C#N)cn1)c1ccc(F)cc1)C(=O)O. The summed E-state index contributed by atoms with van der Waals surface area (Å²) < 4.78 is 13.3. The van der Waals surface area contributed by atoms with E-state index in [9.17, 15) is 14.3 Å². The Kier molecular flexibility index (Phi) is 5.72. The molecule has 0 aliphatic carbocycles. The molecule has 7 nitrogen and oxygen atoms in total. The summed E-state index contributed by atoms with van der Waals surface area (Å²) >= 11 is 0. The summed E-state index contributed by atoms with van der Waals surface area (Å²) in [5.41, 5.74) is 0.378. The van der Waals surface area contributed by atoms with E-state index in [-0.39, 0.29) is 18.3 Å². The monoisotopic (exact) mass is 357 g/mol. The van der Waals surface area contributed by atoms with E-state index in [1.54, 1.807) is 32.9 Å². The van der Waals surface area contributed by atoms with Crippen molar-refractivity contribution in [2.45, 2.75) is 32.4 Å². The minimum absolute atomic E-state index is 0.105. The van der Waals surface area contributed by atoms with Crippen LogP contribution in [-0.4, -0.2) is 38.2 Å². The van der Waals surface area contributed by atoms with Crippen LogP contribution in [0.2, 0.25) is 0 Å². The number of carboxylic acid groups (broad SMARTS) is 1. The maximum absolute atomic E-state index is 13.3. The molecule has 0 aliphatic rings.